The molecular formula is C21H18ClNO4. The van der Waals surface area contributed by atoms with Gasteiger partial charge >= 0.3 is 5.97 Å². The Morgan fingerprint density at radius 2 is 1.85 bits per heavy atom. The van der Waals surface area contributed by atoms with Gasteiger partial charge < -0.3 is 14.4 Å². The molecule has 1 aliphatic carbocycles. The molecule has 2 aromatic carbocycles. The topological polar surface area (TPSA) is 72.6 Å². The van der Waals surface area contributed by atoms with Crippen LogP contribution in [0.15, 0.2) is 59.1 Å². The molecule has 138 valence electrons. The molecule has 0 fully saturated rings. The molecule has 2 atom stereocenters. The Kier molecular flexibility index (Phi) is 4.86. The number of para-hydroxylation sites is 1. The van der Waals surface area contributed by atoms with Crippen LogP contribution in [0.5, 0.6) is 5.75 Å². The van der Waals surface area contributed by atoms with Gasteiger partial charge in [0.05, 0.1) is 11.5 Å². The molecule has 1 heterocycles. The fourth-order valence-electron chi connectivity index (χ4n) is 3.44. The second-order valence-corrected chi connectivity index (χ2v) is 7.05. The van der Waals surface area contributed by atoms with E-state index < -0.39 is 11.9 Å². The minimum atomic E-state index is -0.828. The van der Waals surface area contributed by atoms with Crippen molar-refractivity contribution in [2.75, 3.05) is 0 Å². The van der Waals surface area contributed by atoms with Gasteiger partial charge in [-0.05, 0) is 37.1 Å². The van der Waals surface area contributed by atoms with E-state index in [0.29, 0.717) is 35.7 Å². The van der Waals surface area contributed by atoms with Crippen molar-refractivity contribution in [2.45, 2.75) is 25.4 Å². The molecule has 0 aliphatic heterocycles. The minimum absolute atomic E-state index is 0.305. The molecule has 3 aromatic rings. The summed E-state index contributed by atoms with van der Waals surface area (Å²) in [4.78, 5) is 11.6. The minimum Gasteiger partial charge on any atom is -0.486 e. The number of rotatable bonds is 4. The van der Waals surface area contributed by atoms with Gasteiger partial charge in [-0.1, -0.05) is 47.1 Å². The molecule has 0 unspecified atom stereocenters. The van der Waals surface area contributed by atoms with E-state index in [9.17, 15) is 9.90 Å². The molecule has 27 heavy (non-hydrogen) atoms. The van der Waals surface area contributed by atoms with Crippen LogP contribution in [0.3, 0.4) is 0 Å². The van der Waals surface area contributed by atoms with E-state index in [2.05, 4.69) is 5.16 Å². The van der Waals surface area contributed by atoms with Crippen molar-refractivity contribution in [3.8, 4) is 17.0 Å². The molecule has 0 bridgehead atoms. The number of benzene rings is 2. The first-order valence-electron chi connectivity index (χ1n) is 8.80. The number of fused-ring (bicyclic) bond motifs is 1. The van der Waals surface area contributed by atoms with Gasteiger partial charge in [-0.15, -0.1) is 0 Å². The van der Waals surface area contributed by atoms with Crippen LogP contribution in [0.4, 0.5) is 0 Å². The van der Waals surface area contributed by atoms with Crippen LogP contribution in [0.2, 0.25) is 5.02 Å². The Balaban J connectivity index is 1.76. The van der Waals surface area contributed by atoms with Crippen molar-refractivity contribution in [3.05, 3.63) is 70.9 Å². The normalized spacial score (nSPS) is 19.1. The van der Waals surface area contributed by atoms with Crippen molar-refractivity contribution in [1.82, 2.24) is 5.16 Å². The maximum atomic E-state index is 11.6. The van der Waals surface area contributed by atoms with Crippen LogP contribution in [-0.4, -0.2) is 16.2 Å². The highest BCUT2D eigenvalue weighted by molar-refractivity contribution is 6.30. The summed E-state index contributed by atoms with van der Waals surface area (Å²) in [5, 5.41) is 14.4. The number of carboxylic acids is 1. The standard InChI is InChI=1S/C21H18ClNO4/c22-15-9-6-13(7-10-15)20-19-17(26-16-4-2-1-3-5-16)11-8-14(21(24)25)12-18(19)27-23-20/h1-7,9-10,14,17H,8,11-12H2,(H,24,25)/t14-,17-/m1/s1. The van der Waals surface area contributed by atoms with Crippen LogP contribution < -0.4 is 4.74 Å². The van der Waals surface area contributed by atoms with Crippen LogP contribution >= 0.6 is 11.6 Å². The highest BCUT2D eigenvalue weighted by Gasteiger charge is 2.34. The van der Waals surface area contributed by atoms with E-state index in [4.69, 9.17) is 20.9 Å². The van der Waals surface area contributed by atoms with Crippen molar-refractivity contribution < 1.29 is 19.2 Å². The Labute approximate surface area is 161 Å². The lowest BCUT2D eigenvalue weighted by atomic mass is 10.00. The Hall–Kier alpha value is -2.79. The number of nitrogens with zero attached hydrogens (tertiary/aromatic N) is 1. The molecule has 1 N–H and O–H groups in total. The molecule has 4 rings (SSSR count). The quantitative estimate of drug-likeness (QED) is 0.630. The number of halogens is 1. The third kappa shape index (κ3) is 3.69. The Morgan fingerprint density at radius 3 is 2.56 bits per heavy atom. The summed E-state index contributed by atoms with van der Waals surface area (Å²) in [5.41, 5.74) is 2.36. The van der Waals surface area contributed by atoms with E-state index >= 15 is 0 Å². The van der Waals surface area contributed by atoms with Gasteiger partial charge in [0, 0.05) is 17.0 Å². The second-order valence-electron chi connectivity index (χ2n) is 6.61. The van der Waals surface area contributed by atoms with Gasteiger partial charge in [-0.3, -0.25) is 4.79 Å². The monoisotopic (exact) mass is 383 g/mol. The first-order chi connectivity index (χ1) is 13.1. The Bertz CT molecular complexity index is 937. The summed E-state index contributed by atoms with van der Waals surface area (Å²) in [7, 11) is 0. The van der Waals surface area contributed by atoms with Crippen molar-refractivity contribution in [3.63, 3.8) is 0 Å². The summed E-state index contributed by atoms with van der Waals surface area (Å²) < 4.78 is 11.8. The zero-order valence-corrected chi connectivity index (χ0v) is 15.2. The number of hydrogen-bond donors (Lipinski definition) is 1. The van der Waals surface area contributed by atoms with Gasteiger partial charge in [0.1, 0.15) is 23.3 Å². The first-order valence-corrected chi connectivity index (χ1v) is 9.18. The zero-order valence-electron chi connectivity index (χ0n) is 14.5. The molecule has 0 spiro atoms. The van der Waals surface area contributed by atoms with Gasteiger partial charge in [0.25, 0.3) is 0 Å². The molecule has 6 heteroatoms. The van der Waals surface area contributed by atoms with E-state index in [0.717, 1.165) is 16.9 Å². The predicted molar refractivity (Wildman–Crippen MR) is 101 cm³/mol. The van der Waals surface area contributed by atoms with Gasteiger partial charge in [0.2, 0.25) is 0 Å². The SMILES string of the molecule is O=C(O)[C@@H]1CC[C@@H](Oc2ccccc2)c2c(-c3ccc(Cl)cc3)noc2C1. The van der Waals surface area contributed by atoms with Crippen LogP contribution in [-0.2, 0) is 11.2 Å². The molecule has 0 amide bonds. The number of aliphatic carboxylic acids is 1. The van der Waals surface area contributed by atoms with E-state index in [1.807, 2.05) is 42.5 Å². The van der Waals surface area contributed by atoms with Crippen molar-refractivity contribution in [1.29, 1.82) is 0 Å². The summed E-state index contributed by atoms with van der Waals surface area (Å²) in [6, 6.07) is 16.8. The number of carbonyl (C=O) groups is 1. The number of carboxylic acid groups (broad SMARTS) is 1. The lowest BCUT2D eigenvalue weighted by molar-refractivity contribution is -0.142. The Morgan fingerprint density at radius 1 is 1.11 bits per heavy atom. The number of ether oxygens (including phenoxy) is 1. The van der Waals surface area contributed by atoms with Crippen LogP contribution in [0, 0.1) is 5.92 Å². The third-order valence-electron chi connectivity index (χ3n) is 4.82. The largest absolute Gasteiger partial charge is 0.486 e. The van der Waals surface area contributed by atoms with E-state index in [1.54, 1.807) is 12.1 Å². The van der Waals surface area contributed by atoms with E-state index in [-0.39, 0.29) is 6.10 Å². The second kappa shape index (κ2) is 7.45. The van der Waals surface area contributed by atoms with Crippen molar-refractivity contribution in [2.24, 2.45) is 5.92 Å². The van der Waals surface area contributed by atoms with Gasteiger partial charge in [-0.2, -0.15) is 0 Å². The number of aromatic nitrogens is 1. The third-order valence-corrected chi connectivity index (χ3v) is 5.07. The first kappa shape index (κ1) is 17.6. The van der Waals surface area contributed by atoms with Crippen LogP contribution in [0.1, 0.15) is 30.3 Å². The average Bonchev–Trinajstić information content (AvgIpc) is 3.00. The molecule has 1 aliphatic rings. The zero-order chi connectivity index (χ0) is 18.8. The fourth-order valence-corrected chi connectivity index (χ4v) is 3.57. The maximum Gasteiger partial charge on any atom is 0.306 e. The lowest BCUT2D eigenvalue weighted by Gasteiger charge is -2.18. The molecular weight excluding hydrogens is 366 g/mol. The molecule has 5 nitrogen and oxygen atoms in total. The molecule has 1 aromatic heterocycles. The highest BCUT2D eigenvalue weighted by atomic mass is 35.5. The van der Waals surface area contributed by atoms with Crippen LogP contribution in [0.25, 0.3) is 11.3 Å². The molecule has 0 saturated carbocycles. The lowest BCUT2D eigenvalue weighted by Crippen LogP contribution is -2.15. The number of hydrogen-bond acceptors (Lipinski definition) is 4. The average molecular weight is 384 g/mol. The summed E-state index contributed by atoms with van der Waals surface area (Å²) in [5.74, 6) is -0.0406. The maximum absolute atomic E-state index is 11.6. The van der Waals surface area contributed by atoms with E-state index in [1.165, 1.54) is 0 Å². The smallest absolute Gasteiger partial charge is 0.306 e. The molecule has 0 saturated heterocycles. The summed E-state index contributed by atoms with van der Waals surface area (Å²) >= 11 is 6.00. The highest BCUT2D eigenvalue weighted by Crippen LogP contribution is 2.40. The van der Waals surface area contributed by atoms with Gasteiger partial charge in [-0.25, -0.2) is 0 Å². The fraction of sp³-hybridized carbons (Fsp3) is 0.238. The summed E-state index contributed by atoms with van der Waals surface area (Å²) in [6.45, 7) is 0. The van der Waals surface area contributed by atoms with Crippen molar-refractivity contribution >= 4 is 17.6 Å². The summed E-state index contributed by atoms with van der Waals surface area (Å²) in [6.07, 6.45) is 1.06. The predicted octanol–water partition coefficient (Wildman–Crippen LogP) is 5.15. The van der Waals surface area contributed by atoms with Gasteiger partial charge in [0.15, 0.2) is 0 Å². The molecule has 0 radical (unpaired) electrons.